The lowest BCUT2D eigenvalue weighted by molar-refractivity contribution is -0.114. The Labute approximate surface area is 170 Å². The van der Waals surface area contributed by atoms with Crippen molar-refractivity contribution in [1.29, 1.82) is 0 Å². The van der Waals surface area contributed by atoms with Crippen molar-refractivity contribution in [2.24, 2.45) is 0 Å². The summed E-state index contributed by atoms with van der Waals surface area (Å²) in [6.07, 6.45) is 0.886. The number of hydrogen-bond acceptors (Lipinski definition) is 4. The van der Waals surface area contributed by atoms with Crippen LogP contribution in [-0.2, 0) is 16.1 Å². The van der Waals surface area contributed by atoms with Gasteiger partial charge in [-0.25, -0.2) is 4.79 Å². The average molecular weight is 395 g/mol. The lowest BCUT2D eigenvalue weighted by Gasteiger charge is -2.32. The molecule has 29 heavy (non-hydrogen) atoms. The van der Waals surface area contributed by atoms with Gasteiger partial charge in [0.05, 0.1) is 0 Å². The van der Waals surface area contributed by atoms with Crippen molar-refractivity contribution < 1.29 is 19.1 Å². The van der Waals surface area contributed by atoms with E-state index in [4.69, 9.17) is 4.74 Å². The lowest BCUT2D eigenvalue weighted by atomic mass is 10.0. The Hall–Kier alpha value is -3.35. The second kappa shape index (κ2) is 9.73. The van der Waals surface area contributed by atoms with Crippen molar-refractivity contribution in [1.82, 2.24) is 10.2 Å². The van der Waals surface area contributed by atoms with E-state index in [2.05, 4.69) is 10.6 Å². The van der Waals surface area contributed by atoms with Gasteiger partial charge in [-0.3, -0.25) is 9.59 Å². The number of hydrogen-bond donors (Lipinski definition) is 2. The largest absolute Gasteiger partial charge is 0.445 e. The van der Waals surface area contributed by atoms with Crippen LogP contribution in [0.25, 0.3) is 0 Å². The maximum atomic E-state index is 12.7. The summed E-state index contributed by atoms with van der Waals surface area (Å²) in [7, 11) is 0. The molecule has 0 bridgehead atoms. The number of rotatable bonds is 5. The molecule has 0 unspecified atom stereocenters. The molecule has 1 heterocycles. The number of amides is 3. The fourth-order valence-corrected chi connectivity index (χ4v) is 3.27. The average Bonchev–Trinajstić information content (AvgIpc) is 2.73. The molecule has 0 aromatic heterocycles. The number of likely N-dealkylation sites (tertiary alicyclic amines) is 1. The van der Waals surface area contributed by atoms with Crippen molar-refractivity contribution in [2.45, 2.75) is 32.4 Å². The summed E-state index contributed by atoms with van der Waals surface area (Å²) in [5.41, 5.74) is 2.07. The predicted molar refractivity (Wildman–Crippen MR) is 109 cm³/mol. The van der Waals surface area contributed by atoms with Gasteiger partial charge in [-0.15, -0.1) is 0 Å². The maximum absolute atomic E-state index is 12.7. The Morgan fingerprint density at radius 3 is 2.45 bits per heavy atom. The lowest BCUT2D eigenvalue weighted by Crippen LogP contribution is -2.46. The maximum Gasteiger partial charge on any atom is 0.407 e. The third kappa shape index (κ3) is 6.07. The standard InChI is InChI=1S/C22H25N3O4/c1-16(26)23-20-9-5-8-18(14-20)21(27)25-12-10-19(11-13-25)24-22(28)29-15-17-6-3-2-4-7-17/h2-9,14,19H,10-13,15H2,1H3,(H,23,26)(H,24,28). The van der Waals surface area contributed by atoms with Gasteiger partial charge in [0.25, 0.3) is 5.91 Å². The van der Waals surface area contributed by atoms with E-state index in [1.165, 1.54) is 6.92 Å². The summed E-state index contributed by atoms with van der Waals surface area (Å²) in [5, 5.41) is 5.56. The summed E-state index contributed by atoms with van der Waals surface area (Å²) >= 11 is 0. The second-order valence-electron chi connectivity index (χ2n) is 7.03. The van der Waals surface area contributed by atoms with Gasteiger partial charge in [0.15, 0.2) is 0 Å². The van der Waals surface area contributed by atoms with Gasteiger partial charge in [-0.1, -0.05) is 36.4 Å². The highest BCUT2D eigenvalue weighted by atomic mass is 16.5. The molecule has 0 aliphatic carbocycles. The molecular formula is C22H25N3O4. The molecular weight excluding hydrogens is 370 g/mol. The Morgan fingerprint density at radius 2 is 1.76 bits per heavy atom. The molecule has 1 aliphatic rings. The summed E-state index contributed by atoms with van der Waals surface area (Å²) in [4.78, 5) is 37.7. The Kier molecular flexibility index (Phi) is 6.84. The normalized spacial score (nSPS) is 14.2. The third-order valence-electron chi connectivity index (χ3n) is 4.75. The number of alkyl carbamates (subject to hydrolysis) is 1. The van der Waals surface area contributed by atoms with Crippen LogP contribution in [-0.4, -0.2) is 41.9 Å². The second-order valence-corrected chi connectivity index (χ2v) is 7.03. The Morgan fingerprint density at radius 1 is 1.03 bits per heavy atom. The van der Waals surface area contributed by atoms with Gasteiger partial charge in [-0.05, 0) is 36.6 Å². The van der Waals surface area contributed by atoms with E-state index in [0.717, 1.165) is 5.56 Å². The van der Waals surface area contributed by atoms with E-state index in [0.29, 0.717) is 37.2 Å². The minimum Gasteiger partial charge on any atom is -0.445 e. The molecule has 0 atom stereocenters. The van der Waals surface area contributed by atoms with Crippen LogP contribution >= 0.6 is 0 Å². The van der Waals surface area contributed by atoms with Crippen LogP contribution in [0.3, 0.4) is 0 Å². The molecule has 3 amide bonds. The number of nitrogens with zero attached hydrogens (tertiary/aromatic N) is 1. The fourth-order valence-electron chi connectivity index (χ4n) is 3.27. The number of nitrogens with one attached hydrogen (secondary N) is 2. The van der Waals surface area contributed by atoms with Crippen molar-refractivity contribution in [3.8, 4) is 0 Å². The first-order chi connectivity index (χ1) is 14.0. The zero-order valence-electron chi connectivity index (χ0n) is 16.4. The molecule has 2 aromatic carbocycles. The third-order valence-corrected chi connectivity index (χ3v) is 4.75. The summed E-state index contributed by atoms with van der Waals surface area (Å²) in [5.74, 6) is -0.261. The van der Waals surface area contributed by atoms with Crippen LogP contribution in [0, 0.1) is 0 Å². The van der Waals surface area contributed by atoms with Crippen molar-refractivity contribution in [2.75, 3.05) is 18.4 Å². The molecule has 7 nitrogen and oxygen atoms in total. The number of benzene rings is 2. The highest BCUT2D eigenvalue weighted by Crippen LogP contribution is 2.17. The number of piperidine rings is 1. The monoisotopic (exact) mass is 395 g/mol. The minimum atomic E-state index is -0.443. The Bertz CT molecular complexity index is 861. The van der Waals surface area contributed by atoms with E-state index in [1.54, 1.807) is 29.2 Å². The number of anilines is 1. The van der Waals surface area contributed by atoms with E-state index >= 15 is 0 Å². The van der Waals surface area contributed by atoms with Crippen LogP contribution < -0.4 is 10.6 Å². The number of carbonyl (C=O) groups is 3. The molecule has 2 aromatic rings. The zero-order chi connectivity index (χ0) is 20.6. The highest BCUT2D eigenvalue weighted by Gasteiger charge is 2.25. The summed E-state index contributed by atoms with van der Waals surface area (Å²) in [6, 6.07) is 16.4. The number of ether oxygens (including phenoxy) is 1. The van der Waals surface area contributed by atoms with Crippen LogP contribution in [0.2, 0.25) is 0 Å². The SMILES string of the molecule is CC(=O)Nc1cccc(C(=O)N2CCC(NC(=O)OCc3ccccc3)CC2)c1. The first kappa shape index (κ1) is 20.4. The van der Waals surface area contributed by atoms with E-state index < -0.39 is 6.09 Å². The predicted octanol–water partition coefficient (Wildman–Crippen LogP) is 3.18. The van der Waals surface area contributed by atoms with Crippen LogP contribution in [0.15, 0.2) is 54.6 Å². The van der Waals surface area contributed by atoms with Gasteiger partial charge in [0.1, 0.15) is 6.61 Å². The van der Waals surface area contributed by atoms with Gasteiger partial charge in [0, 0.05) is 37.3 Å². The molecule has 3 rings (SSSR count). The smallest absolute Gasteiger partial charge is 0.407 e. The molecule has 7 heteroatoms. The first-order valence-electron chi connectivity index (χ1n) is 9.65. The molecule has 0 radical (unpaired) electrons. The summed E-state index contributed by atoms with van der Waals surface area (Å²) < 4.78 is 5.25. The van der Waals surface area contributed by atoms with Crippen molar-refractivity contribution in [3.05, 3.63) is 65.7 Å². The van der Waals surface area contributed by atoms with Crippen LogP contribution in [0.4, 0.5) is 10.5 Å². The summed E-state index contributed by atoms with van der Waals surface area (Å²) in [6.45, 7) is 2.76. The van der Waals surface area contributed by atoms with Crippen LogP contribution in [0.5, 0.6) is 0 Å². The van der Waals surface area contributed by atoms with Crippen LogP contribution in [0.1, 0.15) is 35.7 Å². The quantitative estimate of drug-likeness (QED) is 0.814. The van der Waals surface area contributed by atoms with Crippen molar-refractivity contribution >= 4 is 23.6 Å². The molecule has 0 saturated carbocycles. The fraction of sp³-hybridized carbons (Fsp3) is 0.318. The molecule has 1 saturated heterocycles. The van der Waals surface area contributed by atoms with Gasteiger partial charge in [-0.2, -0.15) is 0 Å². The molecule has 152 valence electrons. The minimum absolute atomic E-state index is 0.0203. The topological polar surface area (TPSA) is 87.7 Å². The first-order valence-corrected chi connectivity index (χ1v) is 9.65. The van der Waals surface area contributed by atoms with Crippen molar-refractivity contribution in [3.63, 3.8) is 0 Å². The van der Waals surface area contributed by atoms with Gasteiger partial charge < -0.3 is 20.3 Å². The molecule has 1 aliphatic heterocycles. The number of carbonyl (C=O) groups excluding carboxylic acids is 3. The molecule has 0 spiro atoms. The van der Waals surface area contributed by atoms with E-state index in [9.17, 15) is 14.4 Å². The van der Waals surface area contributed by atoms with Gasteiger partial charge >= 0.3 is 6.09 Å². The zero-order valence-corrected chi connectivity index (χ0v) is 16.4. The Balaban J connectivity index is 1.45. The van der Waals surface area contributed by atoms with E-state index in [1.807, 2.05) is 30.3 Å². The van der Waals surface area contributed by atoms with E-state index in [-0.39, 0.29) is 24.5 Å². The van der Waals surface area contributed by atoms with Gasteiger partial charge in [0.2, 0.25) is 5.91 Å². The highest BCUT2D eigenvalue weighted by molar-refractivity contribution is 5.96. The molecule has 2 N–H and O–H groups in total. The molecule has 1 fully saturated rings.